The molecule has 24 heavy (non-hydrogen) atoms. The minimum absolute atomic E-state index is 0.0236. The maximum absolute atomic E-state index is 11.8. The molecule has 0 fully saturated rings. The van der Waals surface area contributed by atoms with E-state index in [-0.39, 0.29) is 17.9 Å². The van der Waals surface area contributed by atoms with Gasteiger partial charge in [0.2, 0.25) is 0 Å². The molecule has 1 aliphatic rings. The monoisotopic (exact) mass is 323 g/mol. The maximum Gasteiger partial charge on any atom is 0.281 e. The lowest BCUT2D eigenvalue weighted by Crippen LogP contribution is -2.37. The summed E-state index contributed by atoms with van der Waals surface area (Å²) in [5, 5.41) is 11.1. The van der Waals surface area contributed by atoms with Crippen molar-refractivity contribution in [2.24, 2.45) is 15.8 Å². The van der Waals surface area contributed by atoms with Crippen molar-refractivity contribution in [3.05, 3.63) is 69.8 Å². The fourth-order valence-corrected chi connectivity index (χ4v) is 2.39. The van der Waals surface area contributed by atoms with Crippen LogP contribution in [0.5, 0.6) is 0 Å². The zero-order chi connectivity index (χ0) is 17.1. The molecular weight excluding hydrogens is 310 g/mol. The van der Waals surface area contributed by atoms with E-state index in [1.807, 2.05) is 35.8 Å². The lowest BCUT2D eigenvalue weighted by atomic mass is 10.00. The summed E-state index contributed by atoms with van der Waals surface area (Å²) < 4.78 is 0. The van der Waals surface area contributed by atoms with E-state index in [9.17, 15) is 14.9 Å². The number of hydrogen-bond donors (Lipinski definition) is 2. The van der Waals surface area contributed by atoms with E-state index < -0.39 is 10.8 Å². The number of nitrogens with two attached hydrogens (primary N) is 1. The van der Waals surface area contributed by atoms with Gasteiger partial charge in [-0.3, -0.25) is 25.3 Å². The van der Waals surface area contributed by atoms with Gasteiger partial charge in [0.25, 0.3) is 11.6 Å². The maximum atomic E-state index is 11.8. The number of carbonyl (C=O) groups excluding carboxylic acids is 1. The highest BCUT2D eigenvalue weighted by Crippen LogP contribution is 2.29. The average molecular weight is 323 g/mol. The van der Waals surface area contributed by atoms with Gasteiger partial charge in [0.15, 0.2) is 0 Å². The molecule has 0 saturated heterocycles. The van der Waals surface area contributed by atoms with Gasteiger partial charge in [-0.2, -0.15) is 0 Å². The van der Waals surface area contributed by atoms with Crippen LogP contribution in [-0.2, 0) is 4.79 Å². The lowest BCUT2D eigenvalue weighted by molar-refractivity contribution is -0.384. The molecule has 120 valence electrons. The number of hydrazine groups is 1. The van der Waals surface area contributed by atoms with Crippen LogP contribution in [0.25, 0.3) is 0 Å². The van der Waals surface area contributed by atoms with Crippen molar-refractivity contribution in [3.8, 4) is 0 Å². The molecule has 0 spiro atoms. The number of fused-ring (bicyclic) bond motifs is 1. The predicted octanol–water partition coefficient (Wildman–Crippen LogP) is 1.51. The van der Waals surface area contributed by atoms with Gasteiger partial charge in [0.1, 0.15) is 5.71 Å². The summed E-state index contributed by atoms with van der Waals surface area (Å²) in [7, 11) is 0. The molecule has 2 aromatic rings. The number of benzene rings is 2. The number of nitrogens with one attached hydrogen (secondary N) is 1. The van der Waals surface area contributed by atoms with Crippen LogP contribution in [0.1, 0.15) is 11.1 Å². The molecule has 0 bridgehead atoms. The van der Waals surface area contributed by atoms with Gasteiger partial charge in [-0.1, -0.05) is 30.3 Å². The van der Waals surface area contributed by atoms with Crippen molar-refractivity contribution >= 4 is 28.7 Å². The van der Waals surface area contributed by atoms with Crippen molar-refractivity contribution in [1.82, 2.24) is 5.43 Å². The third kappa shape index (κ3) is 2.90. The third-order valence-electron chi connectivity index (χ3n) is 3.53. The normalized spacial score (nSPS) is 13.2. The highest BCUT2D eigenvalue weighted by Gasteiger charge is 2.21. The first kappa shape index (κ1) is 15.5. The van der Waals surface area contributed by atoms with Crippen LogP contribution in [0, 0.1) is 10.1 Å². The lowest BCUT2D eigenvalue weighted by Gasteiger charge is -2.08. The standard InChI is InChI=1S/C16H13N5O3/c17-20-16(22)14-9-18-15(10-4-2-1-3-5-10)12-8-11(21(23)24)6-7-13(12)19-14/h1-8H,9,17H2,(H,20,22). The molecule has 0 aliphatic carbocycles. The number of nitrogens with zero attached hydrogens (tertiary/aromatic N) is 3. The highest BCUT2D eigenvalue weighted by molar-refractivity contribution is 6.41. The number of carbonyl (C=O) groups is 1. The molecule has 1 amide bonds. The van der Waals surface area contributed by atoms with E-state index in [0.29, 0.717) is 17.0 Å². The number of nitro groups is 1. The van der Waals surface area contributed by atoms with Gasteiger partial charge in [-0.25, -0.2) is 10.8 Å². The number of aliphatic imine (C=N–C) groups is 2. The second-order valence-corrected chi connectivity index (χ2v) is 5.02. The van der Waals surface area contributed by atoms with Gasteiger partial charge in [0.05, 0.1) is 22.9 Å². The topological polar surface area (TPSA) is 123 Å². The number of hydrogen-bond acceptors (Lipinski definition) is 6. The molecule has 3 rings (SSSR count). The fourth-order valence-electron chi connectivity index (χ4n) is 2.39. The van der Waals surface area contributed by atoms with Crippen molar-refractivity contribution in [1.29, 1.82) is 0 Å². The van der Waals surface area contributed by atoms with Crippen LogP contribution >= 0.6 is 0 Å². The van der Waals surface area contributed by atoms with E-state index in [4.69, 9.17) is 5.84 Å². The first-order valence-electron chi connectivity index (χ1n) is 7.07. The molecular formula is C16H13N5O3. The molecule has 2 aromatic carbocycles. The molecule has 0 saturated carbocycles. The van der Waals surface area contributed by atoms with E-state index in [1.165, 1.54) is 18.2 Å². The summed E-state index contributed by atoms with van der Waals surface area (Å²) in [6.45, 7) is 0.0236. The second-order valence-electron chi connectivity index (χ2n) is 5.02. The summed E-state index contributed by atoms with van der Waals surface area (Å²) in [5.41, 5.74) is 4.34. The Labute approximate surface area is 136 Å². The predicted molar refractivity (Wildman–Crippen MR) is 89.5 cm³/mol. The van der Waals surface area contributed by atoms with Gasteiger partial charge in [0, 0.05) is 23.3 Å². The Hall–Kier alpha value is -3.39. The molecule has 1 aliphatic heterocycles. The summed E-state index contributed by atoms with van der Waals surface area (Å²) in [6.07, 6.45) is 0. The van der Waals surface area contributed by atoms with Crippen molar-refractivity contribution in [3.63, 3.8) is 0 Å². The zero-order valence-corrected chi connectivity index (χ0v) is 12.5. The van der Waals surface area contributed by atoms with Gasteiger partial charge >= 0.3 is 0 Å². The molecule has 8 heteroatoms. The molecule has 0 aromatic heterocycles. The largest absolute Gasteiger partial charge is 0.289 e. The first-order chi connectivity index (χ1) is 11.6. The Balaban J connectivity index is 2.20. The minimum atomic E-state index is -0.544. The number of non-ortho nitro benzene ring substituents is 1. The Bertz CT molecular complexity index is 875. The Morgan fingerprint density at radius 2 is 1.96 bits per heavy atom. The summed E-state index contributed by atoms with van der Waals surface area (Å²) in [5.74, 6) is 4.62. The fraction of sp³-hybridized carbons (Fsp3) is 0.0625. The Morgan fingerprint density at radius 3 is 2.62 bits per heavy atom. The van der Waals surface area contributed by atoms with Crippen molar-refractivity contribution < 1.29 is 9.72 Å². The van der Waals surface area contributed by atoms with Crippen LogP contribution in [0.15, 0.2) is 58.5 Å². The van der Waals surface area contributed by atoms with E-state index in [0.717, 1.165) is 5.56 Å². The van der Waals surface area contributed by atoms with Crippen molar-refractivity contribution in [2.75, 3.05) is 6.54 Å². The van der Waals surface area contributed by atoms with E-state index in [2.05, 4.69) is 9.98 Å². The summed E-state index contributed by atoms with van der Waals surface area (Å²) >= 11 is 0. The van der Waals surface area contributed by atoms with Crippen LogP contribution in [0.2, 0.25) is 0 Å². The average Bonchev–Trinajstić information content (AvgIpc) is 2.80. The van der Waals surface area contributed by atoms with Crippen LogP contribution in [0.4, 0.5) is 11.4 Å². The highest BCUT2D eigenvalue weighted by atomic mass is 16.6. The Kier molecular flexibility index (Phi) is 4.13. The molecule has 1 heterocycles. The quantitative estimate of drug-likeness (QED) is 0.384. The third-order valence-corrected chi connectivity index (χ3v) is 3.53. The molecule has 0 atom stereocenters. The molecule has 8 nitrogen and oxygen atoms in total. The first-order valence-corrected chi connectivity index (χ1v) is 7.07. The van der Waals surface area contributed by atoms with Crippen molar-refractivity contribution in [2.45, 2.75) is 0 Å². The van der Waals surface area contributed by atoms with Crippen LogP contribution in [0.3, 0.4) is 0 Å². The minimum Gasteiger partial charge on any atom is -0.289 e. The zero-order valence-electron chi connectivity index (χ0n) is 12.5. The van der Waals surface area contributed by atoms with Crippen LogP contribution in [-0.4, -0.2) is 28.8 Å². The second kappa shape index (κ2) is 6.39. The van der Waals surface area contributed by atoms with E-state index >= 15 is 0 Å². The number of amides is 1. The molecule has 3 N–H and O–H groups in total. The van der Waals surface area contributed by atoms with Gasteiger partial charge < -0.3 is 0 Å². The van der Waals surface area contributed by atoms with Gasteiger partial charge in [-0.15, -0.1) is 0 Å². The SMILES string of the molecule is NNC(=O)C1=Nc2ccc([N+](=O)[O-])cc2C(c2ccccc2)=NC1. The van der Waals surface area contributed by atoms with Gasteiger partial charge in [-0.05, 0) is 6.07 Å². The van der Waals surface area contributed by atoms with Crippen LogP contribution < -0.4 is 11.3 Å². The summed E-state index contributed by atoms with van der Waals surface area (Å²) in [4.78, 5) is 31.1. The summed E-state index contributed by atoms with van der Waals surface area (Å²) in [6, 6.07) is 13.5. The Morgan fingerprint density at radius 1 is 1.21 bits per heavy atom. The molecule has 0 radical (unpaired) electrons. The smallest absolute Gasteiger partial charge is 0.281 e. The number of rotatable bonds is 3. The molecule has 0 unspecified atom stereocenters. The number of nitro benzene ring substituents is 1. The van der Waals surface area contributed by atoms with E-state index in [1.54, 1.807) is 0 Å².